The fourth-order valence-corrected chi connectivity index (χ4v) is 10.9. The third-order valence-corrected chi connectivity index (χ3v) is 15.3. The third-order valence-electron chi connectivity index (χ3n) is 11.0. The quantitative estimate of drug-likeness (QED) is 0.112. The van der Waals surface area contributed by atoms with Crippen LogP contribution in [0, 0.1) is 24.0 Å². The van der Waals surface area contributed by atoms with Gasteiger partial charge in [-0.2, -0.15) is 0 Å². The van der Waals surface area contributed by atoms with Crippen LogP contribution in [0.4, 0.5) is 0 Å². The van der Waals surface area contributed by atoms with Crippen molar-refractivity contribution in [3.63, 3.8) is 0 Å². The molecule has 4 nitrogen and oxygen atoms in total. The number of hydrogen-bond donors (Lipinski definition) is 0. The Balaban J connectivity index is 0.000000187. The summed E-state index contributed by atoms with van der Waals surface area (Å²) in [6.45, 7) is 6.74. The maximum atomic E-state index is 6.27. The molecule has 1 saturated carbocycles. The van der Waals surface area contributed by atoms with Gasteiger partial charge in [0.1, 0.15) is 0 Å². The van der Waals surface area contributed by atoms with Gasteiger partial charge in [-0.3, -0.25) is 0 Å². The molecule has 1 fully saturated rings. The summed E-state index contributed by atoms with van der Waals surface area (Å²) in [6.07, 6.45) is 12.4. The first kappa shape index (κ1) is 39.8. The Hall–Kier alpha value is -3.90. The van der Waals surface area contributed by atoms with Crippen LogP contribution in [0.1, 0.15) is 69.9 Å². The average molecular weight is 951 g/mol. The maximum Gasteiger partial charge on any atom is 0 e. The number of hydrogen-bond acceptors (Lipinski definition) is 4. The van der Waals surface area contributed by atoms with Crippen molar-refractivity contribution < 1.29 is 24.5 Å². The second-order valence-corrected chi connectivity index (χ2v) is 26.7. The fraction of sp³-hybridized carbons (Fsp3) is 0.312. The molecule has 54 heavy (non-hydrogen) atoms. The zero-order chi connectivity index (χ0) is 37.0. The zero-order valence-corrected chi connectivity index (χ0v) is 36.9. The molecular weight excluding hydrogens is 899 g/mol. The molecule has 1 aliphatic rings. The van der Waals surface area contributed by atoms with Crippen molar-refractivity contribution in [2.45, 2.75) is 82.5 Å². The third kappa shape index (κ3) is 9.13. The van der Waals surface area contributed by atoms with Gasteiger partial charge in [-0.25, -0.2) is 4.98 Å². The van der Waals surface area contributed by atoms with Crippen LogP contribution < -0.4 is 4.40 Å². The summed E-state index contributed by atoms with van der Waals surface area (Å²) in [7, 11) is 0. The minimum absolute atomic E-state index is 0. The topological polar surface area (TPSA) is 51.8 Å². The molecule has 1 aliphatic carbocycles. The number of nitrogens with zero attached hydrogens (tertiary/aromatic N) is 3. The predicted octanol–water partition coefficient (Wildman–Crippen LogP) is 12.5. The first-order valence-electron chi connectivity index (χ1n) is 19.4. The molecule has 4 heterocycles. The summed E-state index contributed by atoms with van der Waals surface area (Å²) in [5.41, 5.74) is 10.2. The van der Waals surface area contributed by atoms with E-state index in [1.54, 1.807) is 9.96 Å². The van der Waals surface area contributed by atoms with Crippen LogP contribution in [0.2, 0.25) is 17.3 Å². The van der Waals surface area contributed by atoms with Gasteiger partial charge in [0.2, 0.25) is 5.71 Å². The molecule has 0 aliphatic heterocycles. The first-order chi connectivity index (χ1) is 25.7. The summed E-state index contributed by atoms with van der Waals surface area (Å²) in [4.78, 5) is 14.2. The van der Waals surface area contributed by atoms with Gasteiger partial charge >= 0.3 is 144 Å². The van der Waals surface area contributed by atoms with E-state index in [9.17, 15) is 0 Å². The van der Waals surface area contributed by atoms with Crippen molar-refractivity contribution in [1.82, 2.24) is 15.0 Å². The van der Waals surface area contributed by atoms with Gasteiger partial charge in [0, 0.05) is 37.3 Å². The molecule has 0 saturated heterocycles. The molecule has 1 unspecified atom stereocenters. The van der Waals surface area contributed by atoms with E-state index in [1.165, 1.54) is 44.1 Å². The van der Waals surface area contributed by atoms with Gasteiger partial charge in [0.05, 0.1) is 11.3 Å². The summed E-state index contributed by atoms with van der Waals surface area (Å²) in [5, 5.41) is 2.04. The van der Waals surface area contributed by atoms with Crippen molar-refractivity contribution >= 4 is 39.7 Å². The van der Waals surface area contributed by atoms with Gasteiger partial charge in [0.25, 0.3) is 0 Å². The van der Waals surface area contributed by atoms with Crippen LogP contribution in [-0.2, 0) is 26.5 Å². The Labute approximate surface area is 338 Å². The molecule has 8 rings (SSSR count). The normalized spacial score (nSPS) is 14.1. The summed E-state index contributed by atoms with van der Waals surface area (Å²) in [5.74, 6) is 9.34. The second-order valence-electron chi connectivity index (χ2n) is 16.1. The van der Waals surface area contributed by atoms with Crippen LogP contribution in [0.25, 0.3) is 55.8 Å². The van der Waals surface area contributed by atoms with E-state index in [2.05, 4.69) is 110 Å². The molecular formula is C48H51GeIrN3O-2. The first-order valence-corrected chi connectivity index (χ1v) is 26.7. The number of pyridine rings is 3. The molecule has 0 bridgehead atoms. The van der Waals surface area contributed by atoms with E-state index in [0.717, 1.165) is 56.0 Å². The predicted molar refractivity (Wildman–Crippen MR) is 224 cm³/mol. The Morgan fingerprint density at radius 3 is 2.26 bits per heavy atom. The molecule has 1 radical (unpaired) electrons. The van der Waals surface area contributed by atoms with Crippen molar-refractivity contribution in [3.8, 4) is 33.8 Å². The van der Waals surface area contributed by atoms with Gasteiger partial charge in [-0.15, -0.1) is 18.2 Å². The number of benzene rings is 3. The molecule has 1 atom stereocenters. The average Bonchev–Trinajstić information content (AvgIpc) is 3.57. The Kier molecular flexibility index (Phi) is 13.0. The molecule has 0 N–H and O–H groups in total. The molecule has 6 heteroatoms. The van der Waals surface area contributed by atoms with E-state index in [0.29, 0.717) is 17.5 Å². The van der Waals surface area contributed by atoms with Gasteiger partial charge in [-0.1, -0.05) is 73.7 Å². The van der Waals surface area contributed by atoms with Gasteiger partial charge in [0.15, 0.2) is 0 Å². The fourth-order valence-electron chi connectivity index (χ4n) is 7.58. The van der Waals surface area contributed by atoms with Crippen molar-refractivity contribution in [2.24, 2.45) is 11.8 Å². The molecule has 0 spiro atoms. The summed E-state index contributed by atoms with van der Waals surface area (Å²) < 4.78 is 7.86. The Bertz CT molecular complexity index is 2290. The number of furan rings is 1. The Morgan fingerprint density at radius 1 is 0.759 bits per heavy atom. The zero-order valence-electron chi connectivity index (χ0n) is 32.5. The molecule has 4 aromatic heterocycles. The summed E-state index contributed by atoms with van der Waals surface area (Å²) >= 11 is -1.89. The van der Waals surface area contributed by atoms with E-state index in [4.69, 9.17) is 14.4 Å². The SMILES string of the molecule is CC(C)C(C)c1ccnc(-c2[c-]ccc3c2oc2nc(-c4ccccc4)ccc23)c1.[CH3][Ge]([CH3])([CH3])[c]1cnc(-c2[c-]cccc2)cc1CC1CCCCC1.[Ir]. The summed E-state index contributed by atoms with van der Waals surface area (Å²) in [6, 6.07) is 39.8. The minimum Gasteiger partial charge on any atom is 0 e. The second kappa shape index (κ2) is 17.7. The van der Waals surface area contributed by atoms with Crippen molar-refractivity contribution in [3.05, 3.63) is 133 Å². The van der Waals surface area contributed by atoms with Crippen molar-refractivity contribution in [1.29, 1.82) is 0 Å². The van der Waals surface area contributed by atoms with Gasteiger partial charge in [-0.05, 0) is 35.7 Å². The number of rotatable bonds is 8. The maximum absolute atomic E-state index is 6.27. The molecule has 3 aromatic carbocycles. The largest absolute Gasteiger partial charge is 0 e. The van der Waals surface area contributed by atoms with Crippen LogP contribution in [0.15, 0.2) is 114 Å². The smallest absolute Gasteiger partial charge is 0 e. The van der Waals surface area contributed by atoms with E-state index >= 15 is 0 Å². The van der Waals surface area contributed by atoms with Gasteiger partial charge < -0.3 is 9.40 Å². The van der Waals surface area contributed by atoms with Crippen LogP contribution >= 0.6 is 0 Å². The van der Waals surface area contributed by atoms with Crippen LogP contribution in [0.3, 0.4) is 0 Å². The van der Waals surface area contributed by atoms with E-state index < -0.39 is 13.3 Å². The Morgan fingerprint density at radius 2 is 1.54 bits per heavy atom. The van der Waals surface area contributed by atoms with Crippen LogP contribution in [0.5, 0.6) is 0 Å². The molecule has 7 aromatic rings. The molecule has 0 amide bonds. The van der Waals surface area contributed by atoms with E-state index in [-0.39, 0.29) is 20.1 Å². The van der Waals surface area contributed by atoms with E-state index in [1.807, 2.05) is 54.7 Å². The standard InChI is InChI=1S/C27H23N2O.C21H28GeN.Ir/c1-17(2)18(3)20-14-15-28-25(16-20)23-11-7-10-21-22-12-13-24(19-8-5-4-6-9-19)29-27(22)30-26(21)23;1-22(2,3)20-16-23-21(18-12-8-5-9-13-18)15-19(20)14-17-10-6-4-7-11-17;/h4-10,12-18H,1-3H3;5,8-9,12,15-17H,4,6-7,10-11,14H2,1-3H3;/q2*-1;. The number of fused-ring (bicyclic) bond motifs is 3. The van der Waals surface area contributed by atoms with Crippen LogP contribution in [-0.4, -0.2) is 28.2 Å². The van der Waals surface area contributed by atoms with Crippen molar-refractivity contribution in [2.75, 3.05) is 0 Å². The monoisotopic (exact) mass is 952 g/mol. The number of aromatic nitrogens is 3. The molecule has 279 valence electrons. The minimum atomic E-state index is -1.89.